The summed E-state index contributed by atoms with van der Waals surface area (Å²) in [5, 5.41) is 33.6. The fourth-order valence-corrected chi connectivity index (χ4v) is 7.51. The molecule has 5 aliphatic rings. The molecule has 2 saturated heterocycles. The second-order valence-corrected chi connectivity index (χ2v) is 13.3. The highest BCUT2D eigenvalue weighted by atomic mass is 19.2. The third kappa shape index (κ3) is 7.43. The van der Waals surface area contributed by atoms with Crippen LogP contribution in [0.3, 0.4) is 0 Å². The monoisotopic (exact) mass is 610 g/mol. The summed E-state index contributed by atoms with van der Waals surface area (Å²) >= 11 is 0. The third-order valence-electron chi connectivity index (χ3n) is 10.4. The quantitative estimate of drug-likeness (QED) is 0.185. The van der Waals surface area contributed by atoms with Gasteiger partial charge in [-0.1, -0.05) is 25.5 Å². The summed E-state index contributed by atoms with van der Waals surface area (Å²) in [6.07, 6.45) is 6.60. The summed E-state index contributed by atoms with van der Waals surface area (Å²) in [6, 6.07) is 0.301. The Morgan fingerprint density at radius 3 is 2.91 bits per heavy atom. The molecule has 12 heteroatoms. The summed E-state index contributed by atoms with van der Waals surface area (Å²) in [7, 11) is 0. The first kappa shape index (κ1) is 32.7. The van der Waals surface area contributed by atoms with Crippen LogP contribution in [0.4, 0.5) is 8.78 Å². The topological polar surface area (TPSA) is 105 Å². The SMILES string of the molecule is CCC1=CC(C2C=NNC2)[C@@H](NC[C@@H](C)C(O)C2(C)CCCN2N(O)CC2CC=C(OCN3CCOC3)C(F)C2F)CC1. The number of aliphatic hydroxyl groups excluding tert-OH is 1. The van der Waals surface area contributed by atoms with Gasteiger partial charge in [0, 0.05) is 62.7 Å². The largest absolute Gasteiger partial charge is 0.480 e. The van der Waals surface area contributed by atoms with Crippen molar-refractivity contribution in [3.63, 3.8) is 0 Å². The van der Waals surface area contributed by atoms with Crippen LogP contribution in [0.5, 0.6) is 0 Å². The fourth-order valence-electron chi connectivity index (χ4n) is 7.51. The van der Waals surface area contributed by atoms with Crippen LogP contribution in [0.2, 0.25) is 0 Å². The van der Waals surface area contributed by atoms with Crippen molar-refractivity contribution in [2.45, 2.75) is 89.3 Å². The Hall–Kier alpha value is -1.67. The van der Waals surface area contributed by atoms with E-state index in [2.05, 4.69) is 28.8 Å². The standard InChI is InChI=1S/C31H52F2N6O4/c1-4-22-6-8-26(25(14-22)24-16-35-36-17-24)34-15-21(2)30(40)31(3)10-5-11-38(31)39(41)18-23-7-9-27(29(33)28(23)32)43-20-37-12-13-42-19-37/h9,14,16,21,23-26,28-30,34,36,40-41H,4-8,10-13,15,17-20H2,1-3H3/t21-,23?,24?,25?,26+,28?,29?,30?,31?/m1/s1. The van der Waals surface area contributed by atoms with E-state index in [1.807, 2.05) is 25.0 Å². The maximum absolute atomic E-state index is 15.2. The predicted molar refractivity (Wildman–Crippen MR) is 160 cm³/mol. The van der Waals surface area contributed by atoms with E-state index in [0.717, 1.165) is 37.4 Å². The molecule has 2 aliphatic carbocycles. The van der Waals surface area contributed by atoms with Crippen molar-refractivity contribution in [1.29, 1.82) is 0 Å². The molecule has 0 radical (unpaired) electrons. The van der Waals surface area contributed by atoms with Crippen LogP contribution in [0.25, 0.3) is 0 Å². The first-order valence-corrected chi connectivity index (χ1v) is 16.2. The van der Waals surface area contributed by atoms with Gasteiger partial charge in [-0.15, -0.1) is 5.17 Å². The number of hydrogen-bond acceptors (Lipinski definition) is 10. The van der Waals surface area contributed by atoms with Gasteiger partial charge in [-0.3, -0.25) is 5.21 Å². The van der Waals surface area contributed by atoms with Gasteiger partial charge in [0.2, 0.25) is 0 Å². The van der Waals surface area contributed by atoms with E-state index >= 15 is 4.39 Å². The van der Waals surface area contributed by atoms with Gasteiger partial charge in [0.15, 0.2) is 6.17 Å². The van der Waals surface area contributed by atoms with Crippen LogP contribution in [0.15, 0.2) is 28.6 Å². The lowest BCUT2D eigenvalue weighted by atomic mass is 9.77. The molecule has 0 saturated carbocycles. The summed E-state index contributed by atoms with van der Waals surface area (Å²) in [6.45, 7) is 10.1. The molecule has 3 heterocycles. The molecule has 0 aromatic heterocycles. The lowest BCUT2D eigenvalue weighted by Gasteiger charge is -2.45. The maximum atomic E-state index is 15.2. The number of hydrazone groups is 1. The Balaban J connectivity index is 1.15. The molecule has 4 N–H and O–H groups in total. The van der Waals surface area contributed by atoms with Crippen LogP contribution >= 0.6 is 0 Å². The molecular weight excluding hydrogens is 558 g/mol. The number of hydroxylamine groups is 1. The average molecular weight is 611 g/mol. The molecule has 9 atom stereocenters. The fraction of sp³-hybridized carbons (Fsp3) is 0.839. The predicted octanol–water partition coefficient (Wildman–Crippen LogP) is 3.20. The zero-order chi connectivity index (χ0) is 30.6. The molecule has 0 bridgehead atoms. The first-order valence-electron chi connectivity index (χ1n) is 16.2. The molecule has 0 spiro atoms. The Bertz CT molecular complexity index is 1010. The number of allylic oxidation sites excluding steroid dienone is 3. The number of halogens is 2. The first-order chi connectivity index (χ1) is 20.7. The normalized spacial score (nSPS) is 36.9. The van der Waals surface area contributed by atoms with Gasteiger partial charge in [-0.2, -0.15) is 5.10 Å². The molecule has 2 fully saturated rings. The van der Waals surface area contributed by atoms with Crippen LogP contribution in [-0.2, 0) is 9.47 Å². The third-order valence-corrected chi connectivity index (χ3v) is 10.4. The van der Waals surface area contributed by atoms with Crippen molar-refractivity contribution < 1.29 is 28.6 Å². The van der Waals surface area contributed by atoms with Gasteiger partial charge in [0.25, 0.3) is 0 Å². The van der Waals surface area contributed by atoms with Crippen molar-refractivity contribution in [3.8, 4) is 0 Å². The van der Waals surface area contributed by atoms with Crippen molar-refractivity contribution >= 4 is 6.21 Å². The van der Waals surface area contributed by atoms with Crippen molar-refractivity contribution in [2.24, 2.45) is 28.8 Å². The average Bonchev–Trinajstić information content (AvgIpc) is 3.80. The molecule has 0 aromatic rings. The summed E-state index contributed by atoms with van der Waals surface area (Å²) in [4.78, 5) is 1.88. The lowest BCUT2D eigenvalue weighted by molar-refractivity contribution is -0.291. The molecule has 244 valence electrons. The highest BCUT2D eigenvalue weighted by molar-refractivity contribution is 5.63. The summed E-state index contributed by atoms with van der Waals surface area (Å²) in [5.41, 5.74) is 3.87. The van der Waals surface area contributed by atoms with E-state index in [0.29, 0.717) is 57.3 Å². The number of ether oxygens (including phenoxy) is 2. The number of rotatable bonds is 13. The molecular formula is C31H52F2N6O4. The highest BCUT2D eigenvalue weighted by Crippen LogP contribution is 2.38. The van der Waals surface area contributed by atoms with Gasteiger partial charge in [0.1, 0.15) is 25.4 Å². The van der Waals surface area contributed by atoms with Gasteiger partial charge < -0.3 is 25.3 Å². The number of hydrazine groups is 1. The van der Waals surface area contributed by atoms with E-state index in [1.165, 1.54) is 5.57 Å². The number of nitrogens with one attached hydrogen (secondary N) is 2. The molecule has 3 aliphatic heterocycles. The number of nitrogens with zero attached hydrogens (tertiary/aromatic N) is 4. The van der Waals surface area contributed by atoms with Crippen LogP contribution in [-0.4, -0.2) is 114 Å². The summed E-state index contributed by atoms with van der Waals surface area (Å²) < 4.78 is 41.0. The highest BCUT2D eigenvalue weighted by Gasteiger charge is 2.48. The van der Waals surface area contributed by atoms with Crippen LogP contribution in [0, 0.1) is 23.7 Å². The van der Waals surface area contributed by atoms with Crippen molar-refractivity contribution in [2.75, 3.05) is 52.8 Å². The van der Waals surface area contributed by atoms with E-state index < -0.39 is 29.9 Å². The Morgan fingerprint density at radius 2 is 2.19 bits per heavy atom. The molecule has 43 heavy (non-hydrogen) atoms. The minimum absolute atomic E-state index is 0.0148. The Labute approximate surface area is 255 Å². The lowest BCUT2D eigenvalue weighted by Crippen LogP contribution is -2.60. The summed E-state index contributed by atoms with van der Waals surface area (Å²) in [5.74, 6) is -0.0990. The minimum atomic E-state index is -1.88. The number of hydrogen-bond donors (Lipinski definition) is 4. The van der Waals surface area contributed by atoms with Gasteiger partial charge in [0.05, 0.1) is 18.2 Å². The van der Waals surface area contributed by atoms with E-state index in [1.54, 1.807) is 11.1 Å². The smallest absolute Gasteiger partial charge is 0.188 e. The van der Waals surface area contributed by atoms with Crippen LogP contribution in [0.1, 0.15) is 59.3 Å². The van der Waals surface area contributed by atoms with Gasteiger partial charge in [-0.25, -0.2) is 18.7 Å². The zero-order valence-corrected chi connectivity index (χ0v) is 26.0. The molecule has 0 amide bonds. The van der Waals surface area contributed by atoms with Gasteiger partial charge >= 0.3 is 0 Å². The van der Waals surface area contributed by atoms with E-state index in [4.69, 9.17) is 9.47 Å². The second-order valence-electron chi connectivity index (χ2n) is 13.3. The molecule has 10 nitrogen and oxygen atoms in total. The molecule has 7 unspecified atom stereocenters. The number of aliphatic hydroxyl groups is 1. The Kier molecular flexibility index (Phi) is 11.1. The van der Waals surface area contributed by atoms with Crippen LogP contribution < -0.4 is 10.7 Å². The zero-order valence-electron chi connectivity index (χ0n) is 26.0. The van der Waals surface area contributed by atoms with E-state index in [-0.39, 0.29) is 31.4 Å². The van der Waals surface area contributed by atoms with Crippen molar-refractivity contribution in [3.05, 3.63) is 23.5 Å². The second kappa shape index (κ2) is 14.6. The van der Waals surface area contributed by atoms with Gasteiger partial charge in [-0.05, 0) is 57.4 Å². The Morgan fingerprint density at radius 1 is 1.35 bits per heavy atom. The molecule has 0 aromatic carbocycles. The van der Waals surface area contributed by atoms with Crippen molar-refractivity contribution in [1.82, 2.24) is 25.8 Å². The molecule has 5 rings (SSSR count). The van der Waals surface area contributed by atoms with E-state index in [9.17, 15) is 14.7 Å². The maximum Gasteiger partial charge on any atom is 0.188 e. The number of alkyl halides is 2. The minimum Gasteiger partial charge on any atom is -0.480 e.